The predicted octanol–water partition coefficient (Wildman–Crippen LogP) is 3.13. The van der Waals surface area contributed by atoms with E-state index in [-0.39, 0.29) is 17.3 Å². The lowest BCUT2D eigenvalue weighted by Crippen LogP contribution is -2.20. The molecule has 1 atom stereocenters. The first kappa shape index (κ1) is 11.1. The minimum Gasteiger partial charge on any atom is -0.294 e. The zero-order valence-corrected chi connectivity index (χ0v) is 9.77. The third kappa shape index (κ3) is 1.82. The van der Waals surface area contributed by atoms with Crippen molar-refractivity contribution in [2.45, 2.75) is 18.8 Å². The van der Waals surface area contributed by atoms with Crippen molar-refractivity contribution in [3.63, 3.8) is 0 Å². The molecule has 1 heterocycles. The van der Waals surface area contributed by atoms with Gasteiger partial charge in [-0.1, -0.05) is 24.3 Å². The molecule has 1 unspecified atom stereocenters. The van der Waals surface area contributed by atoms with Crippen LogP contribution in [-0.2, 0) is 6.42 Å². The molecule has 0 spiro atoms. The van der Waals surface area contributed by atoms with E-state index in [1.807, 2.05) is 18.2 Å². The molecule has 0 amide bonds. The maximum Gasteiger partial charge on any atom is 0.166 e. The van der Waals surface area contributed by atoms with Crippen molar-refractivity contribution in [2.75, 3.05) is 0 Å². The summed E-state index contributed by atoms with van der Waals surface area (Å²) in [5, 5.41) is 0. The van der Waals surface area contributed by atoms with Gasteiger partial charge in [-0.15, -0.1) is 0 Å². The predicted molar refractivity (Wildman–Crippen MR) is 66.0 cm³/mol. The number of fused-ring (bicyclic) bond motifs is 1. The molecule has 2 nitrogen and oxygen atoms in total. The smallest absolute Gasteiger partial charge is 0.166 e. The number of aromatic nitrogens is 1. The highest BCUT2D eigenvalue weighted by Gasteiger charge is 2.28. The third-order valence-corrected chi connectivity index (χ3v) is 3.47. The van der Waals surface area contributed by atoms with E-state index in [9.17, 15) is 9.18 Å². The average molecular weight is 241 g/mol. The minimum absolute atomic E-state index is 0.144. The number of ketones is 1. The second kappa shape index (κ2) is 4.33. The van der Waals surface area contributed by atoms with Gasteiger partial charge in [0.2, 0.25) is 0 Å². The van der Waals surface area contributed by atoms with Gasteiger partial charge in [-0.2, -0.15) is 0 Å². The Morgan fingerprint density at radius 1 is 1.33 bits per heavy atom. The zero-order valence-electron chi connectivity index (χ0n) is 9.77. The molecule has 0 radical (unpaired) electrons. The highest BCUT2D eigenvalue weighted by molar-refractivity contribution is 5.96. The number of carbonyl (C=O) groups excluding carboxylic acids is 1. The normalized spacial score (nSPS) is 16.8. The SMILES string of the molecule is O=C(CC1Cc2ccccc21)c1ccncc1F. The number of benzene rings is 1. The topological polar surface area (TPSA) is 30.0 Å². The second-order valence-electron chi connectivity index (χ2n) is 4.58. The summed E-state index contributed by atoms with van der Waals surface area (Å²) in [6.45, 7) is 0. The van der Waals surface area contributed by atoms with Crippen LogP contribution in [-0.4, -0.2) is 10.8 Å². The number of carbonyl (C=O) groups is 1. The molecule has 1 aliphatic rings. The fraction of sp³-hybridized carbons (Fsp3) is 0.200. The molecular formula is C15H12FNO. The number of nitrogens with zero attached hydrogens (tertiary/aromatic N) is 1. The van der Waals surface area contributed by atoms with Crippen LogP contribution < -0.4 is 0 Å². The van der Waals surface area contributed by atoms with Crippen molar-refractivity contribution < 1.29 is 9.18 Å². The first-order valence-electron chi connectivity index (χ1n) is 5.96. The average Bonchev–Trinajstić information content (AvgIpc) is 2.36. The molecule has 1 aromatic heterocycles. The van der Waals surface area contributed by atoms with E-state index in [1.54, 1.807) is 0 Å². The molecule has 0 saturated heterocycles. The van der Waals surface area contributed by atoms with Crippen LogP contribution in [0.15, 0.2) is 42.7 Å². The molecule has 1 aromatic carbocycles. The van der Waals surface area contributed by atoms with E-state index in [2.05, 4.69) is 11.1 Å². The standard InChI is InChI=1S/C15H12FNO/c16-14-9-17-6-5-13(14)15(18)8-11-7-10-3-1-2-4-12(10)11/h1-6,9,11H,7-8H2. The largest absolute Gasteiger partial charge is 0.294 e. The van der Waals surface area contributed by atoms with Gasteiger partial charge in [-0.05, 0) is 29.5 Å². The fourth-order valence-electron chi connectivity index (χ4n) is 2.48. The van der Waals surface area contributed by atoms with Gasteiger partial charge in [-0.25, -0.2) is 4.39 Å². The van der Waals surface area contributed by atoms with Crippen LogP contribution in [0.4, 0.5) is 4.39 Å². The van der Waals surface area contributed by atoms with Crippen LogP contribution in [0.3, 0.4) is 0 Å². The van der Waals surface area contributed by atoms with Crippen molar-refractivity contribution in [3.8, 4) is 0 Å². The summed E-state index contributed by atoms with van der Waals surface area (Å²) < 4.78 is 13.4. The van der Waals surface area contributed by atoms with Gasteiger partial charge < -0.3 is 0 Å². The highest BCUT2D eigenvalue weighted by Crippen LogP contribution is 2.37. The lowest BCUT2D eigenvalue weighted by atomic mass is 9.74. The first-order valence-corrected chi connectivity index (χ1v) is 5.96. The first-order chi connectivity index (χ1) is 8.75. The van der Waals surface area contributed by atoms with Gasteiger partial charge in [0.25, 0.3) is 0 Å². The Labute approximate surface area is 104 Å². The van der Waals surface area contributed by atoms with E-state index in [4.69, 9.17) is 0 Å². The van der Waals surface area contributed by atoms with Crippen LogP contribution in [0, 0.1) is 5.82 Å². The van der Waals surface area contributed by atoms with Crippen LogP contribution in [0.1, 0.15) is 33.8 Å². The summed E-state index contributed by atoms with van der Waals surface area (Å²) >= 11 is 0. The molecule has 0 fully saturated rings. The van der Waals surface area contributed by atoms with Crippen molar-refractivity contribution in [3.05, 3.63) is 65.2 Å². The summed E-state index contributed by atoms with van der Waals surface area (Å²) in [5.74, 6) is -0.439. The Morgan fingerprint density at radius 3 is 2.94 bits per heavy atom. The lowest BCUT2D eigenvalue weighted by Gasteiger charge is -2.29. The maximum atomic E-state index is 13.4. The van der Waals surface area contributed by atoms with E-state index >= 15 is 0 Å². The molecule has 0 saturated carbocycles. The second-order valence-corrected chi connectivity index (χ2v) is 4.58. The van der Waals surface area contributed by atoms with Gasteiger partial charge in [0, 0.05) is 12.6 Å². The summed E-state index contributed by atoms with van der Waals surface area (Å²) in [5.41, 5.74) is 2.67. The Kier molecular flexibility index (Phi) is 2.67. The summed E-state index contributed by atoms with van der Waals surface area (Å²) in [6, 6.07) is 9.53. The van der Waals surface area contributed by atoms with E-state index in [1.165, 1.54) is 23.4 Å². The van der Waals surface area contributed by atoms with Gasteiger partial charge in [-0.3, -0.25) is 9.78 Å². The molecule has 3 rings (SSSR count). The summed E-state index contributed by atoms with van der Waals surface area (Å²) in [4.78, 5) is 15.7. The van der Waals surface area contributed by atoms with Gasteiger partial charge in [0.15, 0.2) is 11.6 Å². The monoisotopic (exact) mass is 241 g/mol. The molecule has 1 aliphatic carbocycles. The summed E-state index contributed by atoms with van der Waals surface area (Å²) in [6.07, 6.45) is 3.82. The molecule has 0 N–H and O–H groups in total. The Hall–Kier alpha value is -2.03. The minimum atomic E-state index is -0.532. The maximum absolute atomic E-state index is 13.4. The van der Waals surface area contributed by atoms with Gasteiger partial charge in [0.05, 0.1) is 11.8 Å². The molecular weight excluding hydrogens is 229 g/mol. The van der Waals surface area contributed by atoms with Crippen LogP contribution in [0.2, 0.25) is 0 Å². The number of pyridine rings is 1. The molecule has 3 heteroatoms. The molecule has 18 heavy (non-hydrogen) atoms. The number of Topliss-reactive ketones (excluding diaryl/α,β-unsaturated/α-hetero) is 1. The number of rotatable bonds is 3. The Morgan fingerprint density at radius 2 is 2.17 bits per heavy atom. The molecule has 0 bridgehead atoms. The Balaban J connectivity index is 1.76. The number of hydrogen-bond donors (Lipinski definition) is 0. The fourth-order valence-corrected chi connectivity index (χ4v) is 2.48. The van der Waals surface area contributed by atoms with Crippen LogP contribution >= 0.6 is 0 Å². The van der Waals surface area contributed by atoms with Crippen molar-refractivity contribution in [1.82, 2.24) is 4.98 Å². The highest BCUT2D eigenvalue weighted by atomic mass is 19.1. The van der Waals surface area contributed by atoms with Gasteiger partial charge >= 0.3 is 0 Å². The lowest BCUT2D eigenvalue weighted by molar-refractivity contribution is 0.0966. The summed E-state index contributed by atoms with van der Waals surface area (Å²) in [7, 11) is 0. The third-order valence-electron chi connectivity index (χ3n) is 3.47. The van der Waals surface area contributed by atoms with Crippen molar-refractivity contribution in [2.24, 2.45) is 0 Å². The number of halogens is 1. The van der Waals surface area contributed by atoms with Crippen LogP contribution in [0.5, 0.6) is 0 Å². The number of hydrogen-bond acceptors (Lipinski definition) is 2. The molecule has 90 valence electrons. The van der Waals surface area contributed by atoms with Gasteiger partial charge in [0.1, 0.15) is 0 Å². The van der Waals surface area contributed by atoms with Crippen LogP contribution in [0.25, 0.3) is 0 Å². The molecule has 0 aliphatic heterocycles. The quantitative estimate of drug-likeness (QED) is 0.773. The van der Waals surface area contributed by atoms with E-state index < -0.39 is 5.82 Å². The van der Waals surface area contributed by atoms with Crippen molar-refractivity contribution >= 4 is 5.78 Å². The van der Waals surface area contributed by atoms with E-state index in [0.29, 0.717) is 6.42 Å². The zero-order chi connectivity index (χ0) is 12.5. The molecule has 2 aromatic rings. The van der Waals surface area contributed by atoms with E-state index in [0.717, 1.165) is 12.6 Å². The van der Waals surface area contributed by atoms with Crippen molar-refractivity contribution in [1.29, 1.82) is 0 Å². The Bertz CT molecular complexity index is 609.